The highest BCUT2D eigenvalue weighted by atomic mass is 19.4. The molecule has 0 aliphatic heterocycles. The second-order valence-corrected chi connectivity index (χ2v) is 8.98. The summed E-state index contributed by atoms with van der Waals surface area (Å²) in [7, 11) is 1.91. The Morgan fingerprint density at radius 2 is 1.88 bits per heavy atom. The summed E-state index contributed by atoms with van der Waals surface area (Å²) in [6, 6.07) is 6.43. The summed E-state index contributed by atoms with van der Waals surface area (Å²) in [4.78, 5) is 15.9. The lowest BCUT2D eigenvalue weighted by Crippen LogP contribution is -2.45. The predicted molar refractivity (Wildman–Crippen MR) is 123 cm³/mol. The van der Waals surface area contributed by atoms with Crippen LogP contribution in [0.4, 0.5) is 13.2 Å². The summed E-state index contributed by atoms with van der Waals surface area (Å²) in [5.74, 6) is -0.539. The lowest BCUT2D eigenvalue weighted by Gasteiger charge is -2.26. The number of nitrogens with one attached hydrogen (secondary N) is 1. The zero-order chi connectivity index (χ0) is 24.8. The highest BCUT2D eigenvalue weighted by Crippen LogP contribution is 2.38. The number of benzene rings is 2. The first-order valence-corrected chi connectivity index (χ1v) is 11.0. The number of halogens is 3. The van der Waals surface area contributed by atoms with Gasteiger partial charge in [0.2, 0.25) is 0 Å². The van der Waals surface area contributed by atoms with Crippen LogP contribution in [0.5, 0.6) is 0 Å². The van der Waals surface area contributed by atoms with Gasteiger partial charge in [0.05, 0.1) is 11.9 Å². The zero-order valence-electron chi connectivity index (χ0n) is 19.3. The third-order valence-corrected chi connectivity index (χ3v) is 6.05. The van der Waals surface area contributed by atoms with Crippen molar-refractivity contribution in [3.8, 4) is 11.3 Å². The lowest BCUT2D eigenvalue weighted by atomic mass is 9.99. The number of hydrogen-bond acceptors (Lipinski definition) is 4. The number of carboxylic acid groups (broad SMARTS) is 1. The van der Waals surface area contributed by atoms with Crippen LogP contribution in [0, 0.1) is 12.8 Å². The fraction of sp³-hybridized carbons (Fsp3) is 0.360. The predicted octanol–water partition coefficient (Wildman–Crippen LogP) is 5.99. The summed E-state index contributed by atoms with van der Waals surface area (Å²) in [6.07, 6.45) is -2.84. The van der Waals surface area contributed by atoms with Crippen molar-refractivity contribution >= 4 is 27.9 Å². The number of aryl methyl sites for hydroxylation is 1. The van der Waals surface area contributed by atoms with Gasteiger partial charge in [0.1, 0.15) is 29.1 Å². The summed E-state index contributed by atoms with van der Waals surface area (Å²) >= 11 is 0. The molecule has 4 aromatic rings. The van der Waals surface area contributed by atoms with Crippen LogP contribution in [-0.2, 0) is 11.8 Å². The van der Waals surface area contributed by atoms with E-state index in [-0.39, 0.29) is 17.9 Å². The smallest absolute Gasteiger partial charge is 0.407 e. The Hall–Kier alpha value is -3.33. The van der Waals surface area contributed by atoms with Crippen LogP contribution in [0.3, 0.4) is 0 Å². The minimum atomic E-state index is -4.69. The number of furan rings is 1. The normalized spacial score (nSPS) is 14.2. The van der Waals surface area contributed by atoms with Gasteiger partial charge in [0.25, 0.3) is 0 Å². The first-order valence-electron chi connectivity index (χ1n) is 11.0. The molecular formula is C25H26F3N3O3. The largest absolute Gasteiger partial charge is 0.480 e. The quantitative estimate of drug-likeness (QED) is 0.345. The number of fused-ring (bicyclic) bond motifs is 3. The number of alkyl halides is 3. The molecule has 0 fully saturated rings. The van der Waals surface area contributed by atoms with Gasteiger partial charge < -0.3 is 14.1 Å². The third-order valence-electron chi connectivity index (χ3n) is 6.05. The Bertz CT molecular complexity index is 1350. The fourth-order valence-corrected chi connectivity index (χ4v) is 4.20. The molecule has 6 nitrogen and oxygen atoms in total. The van der Waals surface area contributed by atoms with Crippen molar-refractivity contribution in [1.82, 2.24) is 14.9 Å². The minimum absolute atomic E-state index is 0.0745. The van der Waals surface area contributed by atoms with E-state index in [4.69, 9.17) is 4.42 Å². The van der Waals surface area contributed by atoms with E-state index in [9.17, 15) is 23.1 Å². The molecule has 0 radical (unpaired) electrons. The molecule has 4 rings (SSSR count). The van der Waals surface area contributed by atoms with Crippen molar-refractivity contribution in [3.05, 3.63) is 54.0 Å². The average Bonchev–Trinajstić information content (AvgIpc) is 3.28. The van der Waals surface area contributed by atoms with Gasteiger partial charge >= 0.3 is 12.1 Å². The van der Waals surface area contributed by atoms with Crippen molar-refractivity contribution in [1.29, 1.82) is 0 Å². The number of aromatic nitrogens is 2. The molecule has 0 unspecified atom stereocenters. The van der Waals surface area contributed by atoms with E-state index in [1.54, 1.807) is 32.2 Å². The molecule has 2 heterocycles. The van der Waals surface area contributed by atoms with Gasteiger partial charge in [-0.3, -0.25) is 10.1 Å². The van der Waals surface area contributed by atoms with E-state index in [1.807, 2.05) is 30.7 Å². The van der Waals surface area contributed by atoms with Crippen LogP contribution in [-0.4, -0.2) is 32.8 Å². The molecule has 0 bridgehead atoms. The van der Waals surface area contributed by atoms with Crippen LogP contribution in [0.1, 0.15) is 37.7 Å². The number of carbonyl (C=O) groups is 1. The highest BCUT2D eigenvalue weighted by molar-refractivity contribution is 6.06. The zero-order valence-corrected chi connectivity index (χ0v) is 19.3. The van der Waals surface area contributed by atoms with Crippen molar-refractivity contribution in [2.45, 2.75) is 45.5 Å². The minimum Gasteiger partial charge on any atom is -0.480 e. The van der Waals surface area contributed by atoms with Gasteiger partial charge in [-0.05, 0) is 49.1 Å². The van der Waals surface area contributed by atoms with Crippen molar-refractivity contribution in [2.24, 2.45) is 13.0 Å². The summed E-state index contributed by atoms with van der Waals surface area (Å²) in [6.45, 7) is 5.43. The standard InChI is InChI=1S/C25H26F3N3O3/c1-13(2)9-19(24(32)33)30-23(25(26,27)28)16-5-7-17-18-10-15(20-12-29-14(3)31(20)4)6-8-21(18)34-22(17)11-16/h5-8,10-13,19,23,30H,9H2,1-4H3,(H,32,33)/t19-,23-/m0/s1. The van der Waals surface area contributed by atoms with Crippen molar-refractivity contribution in [2.75, 3.05) is 0 Å². The fourth-order valence-electron chi connectivity index (χ4n) is 4.20. The third kappa shape index (κ3) is 4.52. The first-order chi connectivity index (χ1) is 16.0. The second kappa shape index (κ2) is 8.79. The van der Waals surface area contributed by atoms with Gasteiger partial charge in [-0.25, -0.2) is 4.98 Å². The van der Waals surface area contributed by atoms with E-state index in [1.165, 1.54) is 12.1 Å². The average molecular weight is 473 g/mol. The number of carboxylic acids is 1. The van der Waals surface area contributed by atoms with Crippen LogP contribution < -0.4 is 5.32 Å². The molecule has 0 spiro atoms. The molecule has 0 saturated carbocycles. The monoisotopic (exact) mass is 473 g/mol. The van der Waals surface area contributed by atoms with Crippen LogP contribution in [0.2, 0.25) is 0 Å². The highest BCUT2D eigenvalue weighted by Gasteiger charge is 2.43. The van der Waals surface area contributed by atoms with Gasteiger partial charge in [0.15, 0.2) is 0 Å². The van der Waals surface area contributed by atoms with E-state index in [0.29, 0.717) is 16.6 Å². The van der Waals surface area contributed by atoms with E-state index in [2.05, 4.69) is 10.3 Å². The Morgan fingerprint density at radius 1 is 1.15 bits per heavy atom. The topological polar surface area (TPSA) is 80.3 Å². The van der Waals surface area contributed by atoms with Crippen LogP contribution in [0.25, 0.3) is 33.2 Å². The summed E-state index contributed by atoms with van der Waals surface area (Å²) in [5.41, 5.74) is 2.58. The number of hydrogen-bond donors (Lipinski definition) is 2. The molecule has 0 saturated heterocycles. The molecule has 2 N–H and O–H groups in total. The van der Waals surface area contributed by atoms with Crippen LogP contribution in [0.15, 0.2) is 47.0 Å². The van der Waals surface area contributed by atoms with E-state index < -0.39 is 24.2 Å². The molecule has 180 valence electrons. The molecule has 0 amide bonds. The summed E-state index contributed by atoms with van der Waals surface area (Å²) in [5, 5.41) is 13.2. The molecule has 2 aromatic heterocycles. The Labute approximate surface area is 194 Å². The Balaban J connectivity index is 1.76. The molecular weight excluding hydrogens is 447 g/mol. The number of imidazole rings is 1. The number of nitrogens with zero attached hydrogens (tertiary/aromatic N) is 2. The first kappa shape index (κ1) is 23.8. The van der Waals surface area contributed by atoms with Crippen molar-refractivity contribution in [3.63, 3.8) is 0 Å². The SMILES string of the molecule is Cc1ncc(-c2ccc3oc4cc([C@H](N[C@@H](CC(C)C)C(=O)O)C(F)(F)F)ccc4c3c2)n1C. The second-order valence-electron chi connectivity index (χ2n) is 8.98. The molecule has 34 heavy (non-hydrogen) atoms. The molecule has 0 aliphatic rings. The van der Waals surface area contributed by atoms with Gasteiger partial charge in [-0.2, -0.15) is 13.2 Å². The summed E-state index contributed by atoms with van der Waals surface area (Å²) < 4.78 is 49.7. The molecule has 2 atom stereocenters. The van der Waals surface area contributed by atoms with E-state index >= 15 is 0 Å². The Morgan fingerprint density at radius 3 is 2.47 bits per heavy atom. The lowest BCUT2D eigenvalue weighted by molar-refractivity contribution is -0.163. The maximum absolute atomic E-state index is 14.0. The van der Waals surface area contributed by atoms with Gasteiger partial charge in [-0.15, -0.1) is 0 Å². The van der Waals surface area contributed by atoms with E-state index in [0.717, 1.165) is 22.5 Å². The number of rotatable bonds is 7. The number of aliphatic carboxylic acids is 1. The van der Waals surface area contributed by atoms with Crippen LogP contribution >= 0.6 is 0 Å². The molecule has 9 heteroatoms. The molecule has 2 aromatic carbocycles. The molecule has 0 aliphatic carbocycles. The van der Waals surface area contributed by atoms with Gasteiger partial charge in [0, 0.05) is 23.4 Å². The van der Waals surface area contributed by atoms with Gasteiger partial charge in [-0.1, -0.05) is 26.0 Å². The maximum Gasteiger partial charge on any atom is 0.407 e. The maximum atomic E-state index is 14.0. The van der Waals surface area contributed by atoms with Crippen molar-refractivity contribution < 1.29 is 27.5 Å². The Kier molecular flexibility index (Phi) is 6.16.